The van der Waals surface area contributed by atoms with Gasteiger partial charge in [-0.3, -0.25) is 0 Å². The molecule has 0 radical (unpaired) electrons. The number of likely N-dealkylation sites (N-methyl/N-ethyl adjacent to an activating group) is 1. The zero-order chi connectivity index (χ0) is 26.2. The van der Waals surface area contributed by atoms with Gasteiger partial charge in [-0.15, -0.1) is 0 Å². The summed E-state index contributed by atoms with van der Waals surface area (Å²) in [5.74, 6) is -0.223. The van der Waals surface area contributed by atoms with E-state index >= 15 is 4.39 Å². The average molecular weight is 582 g/mol. The lowest BCUT2D eigenvalue weighted by molar-refractivity contribution is 0.0240. The lowest BCUT2D eigenvalue weighted by Crippen LogP contribution is -2.50. The normalized spacial score (nSPS) is 19.0. The number of nitrogens with one attached hydrogen (secondary N) is 1. The van der Waals surface area contributed by atoms with Gasteiger partial charge in [-0.2, -0.15) is 5.26 Å². The number of rotatable bonds is 4. The Hall–Kier alpha value is -2.35. The third kappa shape index (κ3) is 5.48. The minimum atomic E-state index is -0.584. The fraction of sp³-hybridized carbons (Fsp3) is 0.560. The van der Waals surface area contributed by atoms with Crippen LogP contribution in [0.15, 0.2) is 10.5 Å². The van der Waals surface area contributed by atoms with Crippen molar-refractivity contribution in [3.05, 3.63) is 26.9 Å². The molecule has 2 fully saturated rings. The molecule has 11 heteroatoms. The van der Waals surface area contributed by atoms with Crippen LogP contribution in [-0.2, 0) is 4.74 Å². The maximum Gasteiger partial charge on any atom is 0.410 e. The molecule has 0 saturated carbocycles. The lowest BCUT2D eigenvalue weighted by Gasteiger charge is -2.37. The Morgan fingerprint density at radius 2 is 2.03 bits per heavy atom. The van der Waals surface area contributed by atoms with Crippen molar-refractivity contribution in [2.24, 2.45) is 0 Å². The van der Waals surface area contributed by atoms with Gasteiger partial charge in [-0.25, -0.2) is 14.2 Å². The summed E-state index contributed by atoms with van der Waals surface area (Å²) in [5, 5.41) is 14.2. The Kier molecular flexibility index (Phi) is 7.83. The highest BCUT2D eigenvalue weighted by molar-refractivity contribution is 9.10. The van der Waals surface area contributed by atoms with Crippen LogP contribution in [0.25, 0.3) is 10.9 Å². The van der Waals surface area contributed by atoms with Crippen molar-refractivity contribution < 1.29 is 13.9 Å². The molecule has 2 aliphatic heterocycles. The first-order chi connectivity index (χ1) is 17.0. The van der Waals surface area contributed by atoms with Crippen LogP contribution >= 0.6 is 27.5 Å². The first-order valence-electron chi connectivity index (χ1n) is 12.1. The minimum absolute atomic E-state index is 0.135. The molecule has 36 heavy (non-hydrogen) atoms. The fourth-order valence-electron chi connectivity index (χ4n) is 4.74. The molecular formula is C25H31BrClFN6O2. The van der Waals surface area contributed by atoms with Gasteiger partial charge in [0.2, 0.25) is 0 Å². The van der Waals surface area contributed by atoms with Crippen LogP contribution in [0.1, 0.15) is 39.2 Å². The first kappa shape index (κ1) is 26.7. The summed E-state index contributed by atoms with van der Waals surface area (Å²) in [7, 11) is 2.08. The fourth-order valence-corrected chi connectivity index (χ4v) is 5.24. The summed E-state index contributed by atoms with van der Waals surface area (Å²) in [4.78, 5) is 23.0. The lowest BCUT2D eigenvalue weighted by atomic mass is 10.1. The largest absolute Gasteiger partial charge is 0.444 e. The number of anilines is 2. The predicted octanol–water partition coefficient (Wildman–Crippen LogP) is 5.22. The van der Waals surface area contributed by atoms with Crippen molar-refractivity contribution in [3.63, 3.8) is 0 Å². The van der Waals surface area contributed by atoms with Gasteiger partial charge in [-0.1, -0.05) is 11.6 Å². The topological polar surface area (TPSA) is 84.7 Å². The van der Waals surface area contributed by atoms with Crippen LogP contribution in [0.5, 0.6) is 0 Å². The number of fused-ring (bicyclic) bond motifs is 1. The molecule has 4 rings (SSSR count). The van der Waals surface area contributed by atoms with E-state index in [1.54, 1.807) is 11.0 Å². The van der Waals surface area contributed by atoms with Crippen LogP contribution in [0.3, 0.4) is 0 Å². The molecule has 8 nitrogen and oxygen atoms in total. The summed E-state index contributed by atoms with van der Waals surface area (Å²) in [6.07, 6.45) is 1.80. The molecule has 0 aliphatic carbocycles. The van der Waals surface area contributed by atoms with Crippen LogP contribution in [-0.4, -0.2) is 78.8 Å². The summed E-state index contributed by atoms with van der Waals surface area (Å²) in [5.41, 5.74) is 0.463. The van der Waals surface area contributed by atoms with E-state index in [0.717, 1.165) is 19.4 Å². The van der Waals surface area contributed by atoms with E-state index in [4.69, 9.17) is 16.3 Å². The molecule has 0 bridgehead atoms. The minimum Gasteiger partial charge on any atom is -0.444 e. The summed E-state index contributed by atoms with van der Waals surface area (Å²) >= 11 is 9.54. The molecule has 2 saturated heterocycles. The standard InChI is InChI=1S/C25H31BrClFN6O2/c1-25(2,3)36-24(35)34-10-8-33(9-11-34)22-16-12-18(27)19(26)20(28)21(16)31-23(17(22)13-29)30-14-15-6-5-7-32(15)4/h12,15H,5-11,14H2,1-4H3,(H,30,31)/t15-/m0/s1. The second-order valence-corrected chi connectivity index (χ2v) is 11.5. The van der Waals surface area contributed by atoms with Crippen molar-refractivity contribution in [1.82, 2.24) is 14.8 Å². The highest BCUT2D eigenvalue weighted by Crippen LogP contribution is 2.40. The number of nitrogens with zero attached hydrogens (tertiary/aromatic N) is 5. The molecule has 1 N–H and O–H groups in total. The molecule has 1 atom stereocenters. The molecular weight excluding hydrogens is 551 g/mol. The van der Waals surface area contributed by atoms with Crippen LogP contribution in [0.2, 0.25) is 5.02 Å². The number of aromatic nitrogens is 1. The summed E-state index contributed by atoms with van der Waals surface area (Å²) < 4.78 is 21.0. The summed E-state index contributed by atoms with van der Waals surface area (Å²) in [6.45, 7) is 8.84. The Labute approximate surface area is 224 Å². The zero-order valence-electron chi connectivity index (χ0n) is 21.0. The highest BCUT2D eigenvalue weighted by atomic mass is 79.9. The van der Waals surface area contributed by atoms with Gasteiger partial charge in [0.25, 0.3) is 0 Å². The molecule has 3 heterocycles. The molecule has 0 spiro atoms. The number of hydrogen-bond donors (Lipinski definition) is 1. The smallest absolute Gasteiger partial charge is 0.410 e. The zero-order valence-corrected chi connectivity index (χ0v) is 23.3. The van der Waals surface area contributed by atoms with Crippen molar-refractivity contribution >= 4 is 56.0 Å². The van der Waals surface area contributed by atoms with Gasteiger partial charge in [0.15, 0.2) is 5.82 Å². The van der Waals surface area contributed by atoms with Gasteiger partial charge in [0, 0.05) is 44.2 Å². The van der Waals surface area contributed by atoms with Gasteiger partial charge in [0.05, 0.1) is 15.2 Å². The number of amides is 1. The number of carbonyl (C=O) groups is 1. The molecule has 1 aromatic heterocycles. The van der Waals surface area contributed by atoms with Crippen molar-refractivity contribution in [3.8, 4) is 6.07 Å². The monoisotopic (exact) mass is 580 g/mol. The van der Waals surface area contributed by atoms with E-state index in [0.29, 0.717) is 61.2 Å². The van der Waals surface area contributed by atoms with E-state index in [1.807, 2.05) is 25.7 Å². The third-order valence-corrected chi connectivity index (χ3v) is 7.93. The first-order valence-corrected chi connectivity index (χ1v) is 13.3. The number of carbonyl (C=O) groups excluding carboxylic acids is 1. The number of piperazine rings is 1. The SMILES string of the molecule is CN1CCC[C@H]1CNc1nc2c(F)c(Br)c(Cl)cc2c(N2CCN(C(=O)OC(C)(C)C)CC2)c1C#N. The predicted molar refractivity (Wildman–Crippen MR) is 143 cm³/mol. The Morgan fingerprint density at radius 1 is 1.33 bits per heavy atom. The second kappa shape index (κ2) is 10.6. The van der Waals surface area contributed by atoms with E-state index in [2.05, 4.69) is 44.2 Å². The Morgan fingerprint density at radius 3 is 2.61 bits per heavy atom. The van der Waals surface area contributed by atoms with Gasteiger partial charge in [-0.05, 0) is 69.2 Å². The number of ether oxygens (including phenoxy) is 1. The average Bonchev–Trinajstić information content (AvgIpc) is 3.24. The number of pyridine rings is 1. The molecule has 2 aliphatic rings. The maximum absolute atomic E-state index is 15.3. The van der Waals surface area contributed by atoms with E-state index in [-0.39, 0.29) is 21.1 Å². The van der Waals surface area contributed by atoms with Gasteiger partial charge < -0.3 is 24.8 Å². The van der Waals surface area contributed by atoms with Crippen molar-refractivity contribution in [1.29, 1.82) is 5.26 Å². The van der Waals surface area contributed by atoms with Gasteiger partial charge in [0.1, 0.15) is 28.6 Å². The number of halogens is 3. The molecule has 1 aromatic carbocycles. The maximum atomic E-state index is 15.3. The summed E-state index contributed by atoms with van der Waals surface area (Å²) in [6, 6.07) is 4.25. The highest BCUT2D eigenvalue weighted by Gasteiger charge is 2.30. The molecule has 2 aromatic rings. The number of nitriles is 1. The van der Waals surface area contributed by atoms with Crippen LogP contribution in [0.4, 0.5) is 20.7 Å². The second-order valence-electron chi connectivity index (χ2n) is 10.3. The third-order valence-electron chi connectivity index (χ3n) is 6.62. The number of hydrogen-bond acceptors (Lipinski definition) is 7. The molecule has 194 valence electrons. The van der Waals surface area contributed by atoms with Crippen molar-refractivity contribution in [2.45, 2.75) is 45.3 Å². The molecule has 1 amide bonds. The van der Waals surface area contributed by atoms with Crippen molar-refractivity contribution in [2.75, 3.05) is 56.5 Å². The van der Waals surface area contributed by atoms with Crippen LogP contribution < -0.4 is 10.2 Å². The number of likely N-dealkylation sites (tertiary alicyclic amines) is 1. The quantitative estimate of drug-likeness (QED) is 0.495. The van der Waals surface area contributed by atoms with E-state index < -0.39 is 11.4 Å². The van der Waals surface area contributed by atoms with E-state index in [9.17, 15) is 10.1 Å². The number of benzene rings is 1. The molecule has 0 unspecified atom stereocenters. The van der Waals surface area contributed by atoms with Crippen LogP contribution in [0, 0.1) is 17.1 Å². The Bertz CT molecular complexity index is 1210. The van der Waals surface area contributed by atoms with Gasteiger partial charge >= 0.3 is 6.09 Å². The van der Waals surface area contributed by atoms with E-state index in [1.165, 1.54) is 0 Å². The Balaban J connectivity index is 1.70.